The number of carbonyl (C=O) groups is 3. The second-order valence-electron chi connectivity index (χ2n) is 5.61. The lowest BCUT2D eigenvalue weighted by Crippen LogP contribution is -2.37. The summed E-state index contributed by atoms with van der Waals surface area (Å²) in [6.07, 6.45) is 3.43. The molecule has 11 heteroatoms. The number of amides is 2. The number of aromatic nitrogens is 4. The minimum Gasteiger partial charge on any atom is -0.476 e. The summed E-state index contributed by atoms with van der Waals surface area (Å²) in [4.78, 5) is 37.9. The molecule has 0 unspecified atom stereocenters. The third-order valence-corrected chi connectivity index (χ3v) is 4.33. The van der Waals surface area contributed by atoms with E-state index in [-0.39, 0.29) is 36.5 Å². The third kappa shape index (κ3) is 4.83. The van der Waals surface area contributed by atoms with Crippen LogP contribution in [0.15, 0.2) is 11.6 Å². The lowest BCUT2D eigenvalue weighted by molar-refractivity contribution is -0.126. The molecule has 1 aliphatic carbocycles. The summed E-state index contributed by atoms with van der Waals surface area (Å²) in [5.41, 5.74) is 0.553. The molecule has 1 fully saturated rings. The molecule has 0 atom stereocenters. The molecule has 3 rings (SSSR count). The number of carbonyl (C=O) groups excluding carboxylic acids is 2. The highest BCUT2D eigenvalue weighted by atomic mass is 32.1. The molecule has 3 N–H and O–H groups in total. The van der Waals surface area contributed by atoms with Crippen LogP contribution in [0.3, 0.4) is 0 Å². The zero-order valence-electron chi connectivity index (χ0n) is 13.1. The lowest BCUT2D eigenvalue weighted by atomic mass is 10.4. The van der Waals surface area contributed by atoms with E-state index in [4.69, 9.17) is 5.11 Å². The van der Waals surface area contributed by atoms with Gasteiger partial charge in [0.15, 0.2) is 5.69 Å². The van der Waals surface area contributed by atoms with Gasteiger partial charge in [-0.15, -0.1) is 16.4 Å². The number of carboxylic acid groups (broad SMARTS) is 1. The Bertz CT molecular complexity index is 797. The second-order valence-corrected chi connectivity index (χ2v) is 6.55. The number of thiazole rings is 1. The fourth-order valence-electron chi connectivity index (χ4n) is 2.03. The van der Waals surface area contributed by atoms with Gasteiger partial charge in [0.05, 0.1) is 25.8 Å². The van der Waals surface area contributed by atoms with E-state index < -0.39 is 5.97 Å². The summed E-state index contributed by atoms with van der Waals surface area (Å²) in [7, 11) is 0. The van der Waals surface area contributed by atoms with E-state index in [0.717, 1.165) is 12.8 Å². The molecule has 25 heavy (non-hydrogen) atoms. The monoisotopic (exact) mass is 364 g/mol. The Morgan fingerprint density at radius 1 is 1.32 bits per heavy atom. The van der Waals surface area contributed by atoms with Gasteiger partial charge in [-0.1, -0.05) is 5.21 Å². The average Bonchev–Trinajstić information content (AvgIpc) is 3.17. The number of hydrogen-bond donors (Lipinski definition) is 3. The molecule has 0 aromatic carbocycles. The maximum Gasteiger partial charge on any atom is 0.355 e. The number of rotatable bonds is 8. The second kappa shape index (κ2) is 7.38. The van der Waals surface area contributed by atoms with Gasteiger partial charge in [-0.05, 0) is 12.8 Å². The maximum atomic E-state index is 11.7. The molecule has 2 aromatic heterocycles. The first-order valence-corrected chi connectivity index (χ1v) is 8.50. The Kier molecular flexibility index (Phi) is 5.03. The van der Waals surface area contributed by atoms with Crippen LogP contribution in [0.4, 0.5) is 0 Å². The van der Waals surface area contributed by atoms with Gasteiger partial charge in [0.1, 0.15) is 10.7 Å². The highest BCUT2D eigenvalue weighted by Gasteiger charge is 2.29. The number of hydrogen-bond acceptors (Lipinski definition) is 7. The molecule has 0 saturated heterocycles. The molecule has 0 radical (unpaired) electrons. The Labute approximate surface area is 146 Å². The first-order chi connectivity index (χ1) is 12.0. The van der Waals surface area contributed by atoms with Crippen LogP contribution in [0.5, 0.6) is 0 Å². The Morgan fingerprint density at radius 2 is 2.12 bits per heavy atom. The summed E-state index contributed by atoms with van der Waals surface area (Å²) in [5, 5.41) is 24.0. The maximum absolute atomic E-state index is 11.7. The van der Waals surface area contributed by atoms with Crippen molar-refractivity contribution in [1.29, 1.82) is 0 Å². The largest absolute Gasteiger partial charge is 0.476 e. The van der Waals surface area contributed by atoms with Crippen LogP contribution < -0.4 is 10.6 Å². The fraction of sp³-hybridized carbons (Fsp3) is 0.429. The van der Waals surface area contributed by atoms with Crippen LogP contribution in [-0.2, 0) is 22.7 Å². The molecule has 0 bridgehead atoms. The first-order valence-electron chi connectivity index (χ1n) is 7.62. The Balaban J connectivity index is 1.43. The van der Waals surface area contributed by atoms with Gasteiger partial charge in [0.25, 0.3) is 0 Å². The lowest BCUT2D eigenvalue weighted by Gasteiger charge is -2.04. The average molecular weight is 364 g/mol. The van der Waals surface area contributed by atoms with Crippen LogP contribution in [0.2, 0.25) is 0 Å². The van der Waals surface area contributed by atoms with E-state index in [2.05, 4.69) is 25.9 Å². The minimum atomic E-state index is -1.07. The third-order valence-electron chi connectivity index (χ3n) is 3.49. The zero-order chi connectivity index (χ0) is 17.8. The molecule has 2 heterocycles. The molecule has 132 valence electrons. The normalized spacial score (nSPS) is 13.4. The molecule has 2 aromatic rings. The van der Waals surface area contributed by atoms with Gasteiger partial charge in [-0.25, -0.2) is 14.5 Å². The highest BCUT2D eigenvalue weighted by molar-refractivity contribution is 7.09. The van der Waals surface area contributed by atoms with E-state index >= 15 is 0 Å². The zero-order valence-corrected chi connectivity index (χ0v) is 14.0. The van der Waals surface area contributed by atoms with Gasteiger partial charge >= 0.3 is 5.97 Å². The van der Waals surface area contributed by atoms with Gasteiger partial charge in [0.2, 0.25) is 11.8 Å². The van der Waals surface area contributed by atoms with E-state index in [0.29, 0.717) is 17.2 Å². The quantitative estimate of drug-likeness (QED) is 0.580. The minimum absolute atomic E-state index is 0.000784. The van der Waals surface area contributed by atoms with Crippen molar-refractivity contribution in [1.82, 2.24) is 30.6 Å². The van der Waals surface area contributed by atoms with Crippen LogP contribution in [0.25, 0.3) is 0 Å². The number of nitrogens with zero attached hydrogens (tertiary/aromatic N) is 4. The van der Waals surface area contributed by atoms with Crippen molar-refractivity contribution in [2.45, 2.75) is 25.9 Å². The molecule has 0 aliphatic heterocycles. The van der Waals surface area contributed by atoms with E-state index in [1.54, 1.807) is 6.20 Å². The summed E-state index contributed by atoms with van der Waals surface area (Å²) < 4.78 is 1.51. The predicted octanol–water partition coefficient (Wildman–Crippen LogP) is -0.376. The molecule has 0 spiro atoms. The molecular weight excluding hydrogens is 348 g/mol. The van der Waals surface area contributed by atoms with Crippen molar-refractivity contribution in [3.05, 3.63) is 28.0 Å². The molecule has 10 nitrogen and oxygen atoms in total. The van der Waals surface area contributed by atoms with Crippen molar-refractivity contribution >= 4 is 29.1 Å². The number of carboxylic acids is 1. The van der Waals surface area contributed by atoms with E-state index in [9.17, 15) is 14.4 Å². The first kappa shape index (κ1) is 17.0. The SMILES string of the molecule is O=C(CNC(=O)C1CC1)NCc1cn(Cc2nc(C(=O)O)cs2)nn1. The van der Waals surface area contributed by atoms with E-state index in [1.807, 2.05) is 0 Å². The molecular formula is C14H16N6O4S. The van der Waals surface area contributed by atoms with Crippen LogP contribution in [0, 0.1) is 5.92 Å². The van der Waals surface area contributed by atoms with Gasteiger partial charge < -0.3 is 15.7 Å². The van der Waals surface area contributed by atoms with Crippen molar-refractivity contribution in [2.24, 2.45) is 5.92 Å². The number of nitrogens with one attached hydrogen (secondary N) is 2. The highest BCUT2D eigenvalue weighted by Crippen LogP contribution is 2.28. The fourth-order valence-corrected chi connectivity index (χ4v) is 2.79. The van der Waals surface area contributed by atoms with Crippen molar-refractivity contribution in [3.63, 3.8) is 0 Å². The van der Waals surface area contributed by atoms with Crippen molar-refractivity contribution in [2.75, 3.05) is 6.54 Å². The van der Waals surface area contributed by atoms with Gasteiger partial charge in [-0.2, -0.15) is 0 Å². The summed E-state index contributed by atoms with van der Waals surface area (Å²) in [6.45, 7) is 0.438. The predicted molar refractivity (Wildman–Crippen MR) is 85.8 cm³/mol. The number of aromatic carboxylic acids is 1. The van der Waals surface area contributed by atoms with Crippen molar-refractivity contribution < 1.29 is 19.5 Å². The Morgan fingerprint density at radius 3 is 2.80 bits per heavy atom. The summed E-state index contributed by atoms with van der Waals surface area (Å²) in [5.74, 6) is -1.38. The molecule has 1 aliphatic rings. The summed E-state index contributed by atoms with van der Waals surface area (Å²) >= 11 is 1.23. The molecule has 2 amide bonds. The topological polar surface area (TPSA) is 139 Å². The van der Waals surface area contributed by atoms with Gasteiger partial charge in [-0.3, -0.25) is 9.59 Å². The van der Waals surface area contributed by atoms with Crippen LogP contribution in [0.1, 0.15) is 34.0 Å². The van der Waals surface area contributed by atoms with Gasteiger partial charge in [0, 0.05) is 11.3 Å². The summed E-state index contributed by atoms with van der Waals surface area (Å²) in [6, 6.07) is 0. The van der Waals surface area contributed by atoms with E-state index in [1.165, 1.54) is 21.4 Å². The Hall–Kier alpha value is -2.82. The standard InChI is InChI=1S/C14H16N6O4S/c21-11(4-16-13(22)8-1-2-8)15-3-9-5-20(19-18-9)6-12-17-10(7-25-12)14(23)24/h5,7-8H,1-4,6H2,(H,15,21)(H,16,22)(H,23,24). The molecule has 1 saturated carbocycles. The van der Waals surface area contributed by atoms with Crippen molar-refractivity contribution in [3.8, 4) is 0 Å². The van der Waals surface area contributed by atoms with Crippen LogP contribution in [-0.4, -0.2) is 49.4 Å². The van der Waals surface area contributed by atoms with Crippen LogP contribution >= 0.6 is 11.3 Å². The smallest absolute Gasteiger partial charge is 0.355 e.